The standard InChI is InChI=1S/C15H13NO3.C9H8O4.C7H4ClNO4/c17-14(12-9-5-2-6-10-12)16-13(15(18)19)11-7-3-1-4-8-11;1-5-2-3-6(8(10)11)7(4-5)9(12)13;8-5-2-1-4(7(10)11)3-6(5)9(12)13/h1-10,13H,(H,16,17)(H,18,19);2-4H,1H3,(H,10,11)(H,12,13);1-3H,(H,10,11). The number of nitro groups is 1. The van der Waals surface area contributed by atoms with Crippen molar-refractivity contribution >= 4 is 47.1 Å². The molecule has 0 spiro atoms. The highest BCUT2D eigenvalue weighted by molar-refractivity contribution is 6.32. The van der Waals surface area contributed by atoms with E-state index in [2.05, 4.69) is 5.32 Å². The summed E-state index contributed by atoms with van der Waals surface area (Å²) < 4.78 is 0. The van der Waals surface area contributed by atoms with Gasteiger partial charge >= 0.3 is 23.9 Å². The van der Waals surface area contributed by atoms with Gasteiger partial charge in [-0.3, -0.25) is 14.9 Å². The molecule has 0 saturated heterocycles. The molecule has 0 heterocycles. The van der Waals surface area contributed by atoms with Crippen LogP contribution >= 0.6 is 11.6 Å². The number of nitrogens with zero attached hydrogens (tertiary/aromatic N) is 1. The summed E-state index contributed by atoms with van der Waals surface area (Å²) in [4.78, 5) is 64.4. The number of carbonyl (C=O) groups excluding carboxylic acids is 1. The number of benzene rings is 4. The van der Waals surface area contributed by atoms with Gasteiger partial charge in [-0.2, -0.15) is 0 Å². The van der Waals surface area contributed by atoms with Crippen LogP contribution in [0.4, 0.5) is 5.69 Å². The van der Waals surface area contributed by atoms with E-state index in [1.54, 1.807) is 73.7 Å². The van der Waals surface area contributed by atoms with Gasteiger partial charge in [0.15, 0.2) is 6.04 Å². The van der Waals surface area contributed by atoms with E-state index in [1.807, 2.05) is 0 Å². The van der Waals surface area contributed by atoms with E-state index in [1.165, 1.54) is 24.3 Å². The Morgan fingerprint density at radius 1 is 0.711 bits per heavy atom. The van der Waals surface area contributed by atoms with Crippen LogP contribution in [0.1, 0.15) is 58.6 Å². The Kier molecular flexibility index (Phi) is 12.9. The highest BCUT2D eigenvalue weighted by Gasteiger charge is 2.22. The Balaban J connectivity index is 0.000000243. The number of amides is 1. The van der Waals surface area contributed by atoms with Gasteiger partial charge in [-0.1, -0.05) is 71.8 Å². The summed E-state index contributed by atoms with van der Waals surface area (Å²) in [5.41, 5.74) is 0.787. The fourth-order valence-corrected chi connectivity index (χ4v) is 3.73. The van der Waals surface area contributed by atoms with Crippen LogP contribution in [0.3, 0.4) is 0 Å². The van der Waals surface area contributed by atoms with E-state index in [4.69, 9.17) is 26.9 Å². The molecule has 4 aromatic rings. The zero-order chi connectivity index (χ0) is 33.7. The van der Waals surface area contributed by atoms with Crippen molar-refractivity contribution < 1.29 is 49.3 Å². The van der Waals surface area contributed by atoms with E-state index in [-0.39, 0.29) is 21.7 Å². The summed E-state index contributed by atoms with van der Waals surface area (Å²) in [6.07, 6.45) is 0. The number of aromatic carboxylic acids is 3. The van der Waals surface area contributed by atoms with Gasteiger partial charge in [-0.15, -0.1) is 0 Å². The second-order valence-electron chi connectivity index (χ2n) is 8.91. The van der Waals surface area contributed by atoms with Crippen LogP contribution < -0.4 is 5.32 Å². The summed E-state index contributed by atoms with van der Waals surface area (Å²) in [5.74, 6) is -5.16. The molecule has 0 bridgehead atoms. The van der Waals surface area contributed by atoms with Crippen molar-refractivity contribution in [1.29, 1.82) is 0 Å². The first-order valence-corrected chi connectivity index (χ1v) is 13.0. The lowest BCUT2D eigenvalue weighted by atomic mass is 10.0. The first-order chi connectivity index (χ1) is 21.2. The molecule has 232 valence electrons. The normalized spacial score (nSPS) is 10.4. The van der Waals surface area contributed by atoms with Crippen molar-refractivity contribution in [3.8, 4) is 0 Å². The molecule has 0 fully saturated rings. The first kappa shape index (κ1) is 35.1. The Morgan fingerprint density at radius 3 is 1.76 bits per heavy atom. The minimum absolute atomic E-state index is 0.0741. The number of hydrogen-bond acceptors (Lipinski definition) is 7. The van der Waals surface area contributed by atoms with Crippen molar-refractivity contribution in [1.82, 2.24) is 5.32 Å². The number of carboxylic acid groups (broad SMARTS) is 4. The molecule has 45 heavy (non-hydrogen) atoms. The number of halogens is 1. The highest BCUT2D eigenvalue weighted by Crippen LogP contribution is 2.25. The average molecular weight is 637 g/mol. The summed E-state index contributed by atoms with van der Waals surface area (Å²) in [7, 11) is 0. The van der Waals surface area contributed by atoms with E-state index < -0.39 is 46.4 Å². The third kappa shape index (κ3) is 10.6. The quantitative estimate of drug-likeness (QED) is 0.119. The van der Waals surface area contributed by atoms with Gasteiger partial charge in [-0.05, 0) is 48.9 Å². The van der Waals surface area contributed by atoms with Gasteiger partial charge < -0.3 is 25.7 Å². The van der Waals surface area contributed by atoms with E-state index >= 15 is 0 Å². The van der Waals surface area contributed by atoms with Gasteiger partial charge in [-0.25, -0.2) is 19.2 Å². The van der Waals surface area contributed by atoms with Crippen molar-refractivity contribution in [2.75, 3.05) is 0 Å². The highest BCUT2D eigenvalue weighted by atomic mass is 35.5. The Labute approximate surface area is 260 Å². The van der Waals surface area contributed by atoms with Crippen molar-refractivity contribution in [2.24, 2.45) is 0 Å². The van der Waals surface area contributed by atoms with E-state index in [0.29, 0.717) is 11.1 Å². The number of nitrogens with one attached hydrogen (secondary N) is 1. The summed E-state index contributed by atoms with van der Waals surface area (Å²) in [6.45, 7) is 1.71. The van der Waals surface area contributed by atoms with Gasteiger partial charge in [0.2, 0.25) is 0 Å². The zero-order valence-corrected chi connectivity index (χ0v) is 24.0. The van der Waals surface area contributed by atoms with Crippen LogP contribution in [0.5, 0.6) is 0 Å². The molecule has 14 heteroatoms. The third-order valence-corrected chi connectivity index (χ3v) is 6.04. The molecule has 1 amide bonds. The van der Waals surface area contributed by atoms with Gasteiger partial charge in [0.1, 0.15) is 5.02 Å². The van der Waals surface area contributed by atoms with E-state index in [0.717, 1.165) is 11.6 Å². The number of hydrogen-bond donors (Lipinski definition) is 5. The van der Waals surface area contributed by atoms with Crippen LogP contribution in [-0.4, -0.2) is 55.1 Å². The Bertz CT molecular complexity index is 1710. The molecular formula is C31H25ClN2O11. The molecule has 4 aromatic carbocycles. The van der Waals surface area contributed by atoms with Crippen molar-refractivity contribution in [2.45, 2.75) is 13.0 Å². The Morgan fingerprint density at radius 2 is 1.27 bits per heavy atom. The summed E-state index contributed by atoms with van der Waals surface area (Å²) in [6, 6.07) is 23.6. The molecule has 0 aliphatic rings. The smallest absolute Gasteiger partial charge is 0.336 e. The lowest BCUT2D eigenvalue weighted by Gasteiger charge is -2.14. The maximum Gasteiger partial charge on any atom is 0.336 e. The number of rotatable bonds is 8. The SMILES string of the molecule is Cc1ccc(C(=O)O)c(C(=O)O)c1.O=C(NC(C(=O)O)c1ccccc1)c1ccccc1.O=C(O)c1ccc(Cl)c([N+](=O)[O-])c1. The zero-order valence-electron chi connectivity index (χ0n) is 23.3. The number of aryl methyl sites for hydroxylation is 1. The molecular weight excluding hydrogens is 612 g/mol. The summed E-state index contributed by atoms with van der Waals surface area (Å²) in [5, 5.41) is 47.8. The lowest BCUT2D eigenvalue weighted by molar-refractivity contribution is -0.384. The topological polar surface area (TPSA) is 221 Å². The first-order valence-electron chi connectivity index (χ1n) is 12.6. The van der Waals surface area contributed by atoms with Gasteiger partial charge in [0.05, 0.1) is 21.6 Å². The van der Waals surface area contributed by atoms with Gasteiger partial charge in [0, 0.05) is 11.6 Å². The van der Waals surface area contributed by atoms with Gasteiger partial charge in [0.25, 0.3) is 11.6 Å². The van der Waals surface area contributed by atoms with E-state index in [9.17, 15) is 39.2 Å². The molecule has 0 aliphatic carbocycles. The monoisotopic (exact) mass is 636 g/mol. The minimum atomic E-state index is -1.22. The molecule has 13 nitrogen and oxygen atoms in total. The molecule has 0 radical (unpaired) electrons. The fraction of sp³-hybridized carbons (Fsp3) is 0.0645. The average Bonchev–Trinajstić information content (AvgIpc) is 3.00. The fourth-order valence-electron chi connectivity index (χ4n) is 3.54. The van der Waals surface area contributed by atoms with Crippen molar-refractivity contribution in [3.05, 3.63) is 146 Å². The second-order valence-corrected chi connectivity index (χ2v) is 9.32. The molecule has 5 N–H and O–H groups in total. The minimum Gasteiger partial charge on any atom is -0.479 e. The lowest BCUT2D eigenvalue weighted by Crippen LogP contribution is -2.33. The predicted molar refractivity (Wildman–Crippen MR) is 161 cm³/mol. The molecule has 4 rings (SSSR count). The maximum atomic E-state index is 12.0. The molecule has 1 atom stereocenters. The third-order valence-electron chi connectivity index (χ3n) is 5.72. The van der Waals surface area contributed by atoms with Crippen LogP contribution in [0, 0.1) is 17.0 Å². The molecule has 0 saturated carbocycles. The molecule has 1 unspecified atom stereocenters. The number of aliphatic carboxylic acids is 1. The molecule has 0 aliphatic heterocycles. The maximum absolute atomic E-state index is 12.0. The molecule has 0 aromatic heterocycles. The van der Waals surface area contributed by atoms with Crippen LogP contribution in [-0.2, 0) is 4.79 Å². The number of carbonyl (C=O) groups is 5. The largest absolute Gasteiger partial charge is 0.479 e. The number of nitro benzene ring substituents is 1. The predicted octanol–water partition coefficient (Wildman–Crippen LogP) is 5.58. The Hall–Kier alpha value is -6.08. The van der Waals surface area contributed by atoms with Crippen LogP contribution in [0.15, 0.2) is 97.1 Å². The number of carboxylic acids is 4. The summed E-state index contributed by atoms with van der Waals surface area (Å²) >= 11 is 5.46. The van der Waals surface area contributed by atoms with Crippen molar-refractivity contribution in [3.63, 3.8) is 0 Å². The second kappa shape index (κ2) is 16.5. The van der Waals surface area contributed by atoms with Crippen LogP contribution in [0.25, 0.3) is 0 Å². The van der Waals surface area contributed by atoms with Crippen LogP contribution in [0.2, 0.25) is 5.02 Å².